The van der Waals surface area contributed by atoms with Gasteiger partial charge in [-0.3, -0.25) is 9.59 Å². The maximum atomic E-state index is 13.5. The first-order valence-electron chi connectivity index (χ1n) is 9.73. The van der Waals surface area contributed by atoms with E-state index in [4.69, 9.17) is 0 Å². The summed E-state index contributed by atoms with van der Waals surface area (Å²) in [5.74, 6) is -2.66. The topological polar surface area (TPSA) is 62.3 Å². The number of anilines is 1. The molecule has 0 saturated carbocycles. The quantitative estimate of drug-likeness (QED) is 0.469. The summed E-state index contributed by atoms with van der Waals surface area (Å²) in [6.45, 7) is 0. The molecule has 1 aliphatic heterocycles. The Morgan fingerprint density at radius 3 is 2.21 bits per heavy atom. The molecule has 1 N–H and O–H groups in total. The number of nitrogens with one attached hydrogen (secondary N) is 1. The largest absolute Gasteiger partial charge is 0.416 e. The predicted octanol–water partition coefficient (Wildman–Crippen LogP) is 5.73. The van der Waals surface area contributed by atoms with Crippen molar-refractivity contribution in [2.24, 2.45) is 0 Å². The van der Waals surface area contributed by atoms with Crippen LogP contribution in [-0.4, -0.2) is 28.7 Å². The highest BCUT2D eigenvalue weighted by molar-refractivity contribution is 7.13. The number of benzene rings is 2. The van der Waals surface area contributed by atoms with E-state index in [-0.39, 0.29) is 22.3 Å². The molecule has 0 radical (unpaired) electrons. The van der Waals surface area contributed by atoms with E-state index in [1.807, 2.05) is 0 Å². The highest BCUT2D eigenvalue weighted by atomic mass is 32.1. The van der Waals surface area contributed by atoms with Crippen LogP contribution in [0.15, 0.2) is 54.0 Å². The second-order valence-electron chi connectivity index (χ2n) is 7.59. The third kappa shape index (κ3) is 4.37. The lowest BCUT2D eigenvalue weighted by atomic mass is 9.79. The van der Waals surface area contributed by atoms with Crippen LogP contribution in [0.4, 0.5) is 31.5 Å². The van der Waals surface area contributed by atoms with Gasteiger partial charge in [0.1, 0.15) is 0 Å². The van der Waals surface area contributed by atoms with Crippen molar-refractivity contribution in [2.75, 3.05) is 12.4 Å². The molecule has 0 fully saturated rings. The SMILES string of the molecule is CN1C(=O)c2ccccc2C(C(=O)Nc2nccs2)C1c1cc(C(F)(F)F)cc(C(F)(F)F)c1. The Bertz CT molecular complexity index is 1210. The summed E-state index contributed by atoms with van der Waals surface area (Å²) in [6, 6.07) is 5.64. The van der Waals surface area contributed by atoms with Crippen molar-refractivity contribution in [1.29, 1.82) is 0 Å². The van der Waals surface area contributed by atoms with Crippen molar-refractivity contribution in [1.82, 2.24) is 9.88 Å². The van der Waals surface area contributed by atoms with Crippen LogP contribution < -0.4 is 5.32 Å². The van der Waals surface area contributed by atoms with Crippen LogP contribution in [0.1, 0.15) is 44.6 Å². The van der Waals surface area contributed by atoms with Crippen LogP contribution >= 0.6 is 11.3 Å². The Hall–Kier alpha value is -3.41. The number of likely N-dealkylation sites (N-methyl/N-ethyl adjacent to an activating group) is 1. The lowest BCUT2D eigenvalue weighted by Gasteiger charge is -2.40. The first-order valence-corrected chi connectivity index (χ1v) is 10.6. The zero-order valence-electron chi connectivity index (χ0n) is 17.2. The number of hydrogen-bond donors (Lipinski definition) is 1. The lowest BCUT2D eigenvalue weighted by molar-refractivity contribution is -0.143. The molecule has 2 unspecified atom stereocenters. The summed E-state index contributed by atoms with van der Waals surface area (Å²) >= 11 is 1.09. The number of carbonyl (C=O) groups is 2. The lowest BCUT2D eigenvalue weighted by Crippen LogP contribution is -2.44. The number of halogens is 6. The van der Waals surface area contributed by atoms with Gasteiger partial charge in [0.15, 0.2) is 5.13 Å². The minimum Gasteiger partial charge on any atom is -0.334 e. The maximum absolute atomic E-state index is 13.5. The van der Waals surface area contributed by atoms with Gasteiger partial charge in [0, 0.05) is 24.2 Å². The molecule has 1 aliphatic rings. The number of fused-ring (bicyclic) bond motifs is 1. The Morgan fingerprint density at radius 2 is 1.65 bits per heavy atom. The van der Waals surface area contributed by atoms with Crippen LogP contribution in [0.2, 0.25) is 0 Å². The zero-order chi connectivity index (χ0) is 24.8. The average molecular weight is 499 g/mol. The van der Waals surface area contributed by atoms with E-state index in [1.165, 1.54) is 31.4 Å². The minimum absolute atomic E-state index is 0.00669. The van der Waals surface area contributed by atoms with Gasteiger partial charge in [-0.15, -0.1) is 11.3 Å². The molecule has 0 spiro atoms. The third-order valence-corrected chi connectivity index (χ3v) is 6.16. The highest BCUT2D eigenvalue weighted by Crippen LogP contribution is 2.45. The number of alkyl halides is 6. The summed E-state index contributed by atoms with van der Waals surface area (Å²) in [5, 5.41) is 4.32. The van der Waals surface area contributed by atoms with Gasteiger partial charge in [-0.25, -0.2) is 4.98 Å². The molecule has 12 heteroatoms. The number of amides is 2. The van der Waals surface area contributed by atoms with Gasteiger partial charge >= 0.3 is 12.4 Å². The van der Waals surface area contributed by atoms with Crippen molar-refractivity contribution in [2.45, 2.75) is 24.3 Å². The molecule has 1 aromatic heterocycles. The van der Waals surface area contributed by atoms with Crippen LogP contribution in [0.25, 0.3) is 0 Å². The standard InChI is InChI=1S/C22H15F6N3O2S/c1-31-17(11-8-12(21(23,24)25)10-13(9-11)22(26,27)28)16(18(32)30-20-29-6-7-34-20)14-4-2-3-5-15(14)19(31)33/h2-10,16-17H,1H3,(H,29,30,32). The number of rotatable bonds is 3. The fourth-order valence-corrected chi connectivity index (χ4v) is 4.52. The molecule has 2 amide bonds. The monoisotopic (exact) mass is 499 g/mol. The molecule has 2 heterocycles. The van der Waals surface area contributed by atoms with Gasteiger partial charge in [-0.05, 0) is 35.4 Å². The van der Waals surface area contributed by atoms with Gasteiger partial charge < -0.3 is 10.2 Å². The highest BCUT2D eigenvalue weighted by Gasteiger charge is 2.45. The molecule has 178 valence electrons. The van der Waals surface area contributed by atoms with Gasteiger partial charge in [0.05, 0.1) is 23.1 Å². The van der Waals surface area contributed by atoms with Crippen LogP contribution in [0, 0.1) is 0 Å². The van der Waals surface area contributed by atoms with Crippen molar-refractivity contribution in [3.8, 4) is 0 Å². The first-order chi connectivity index (χ1) is 15.9. The predicted molar refractivity (Wildman–Crippen MR) is 111 cm³/mol. The number of thiazole rings is 1. The van der Waals surface area contributed by atoms with E-state index in [9.17, 15) is 35.9 Å². The number of carbonyl (C=O) groups excluding carboxylic acids is 2. The summed E-state index contributed by atoms with van der Waals surface area (Å²) in [6.07, 6.45) is -8.74. The number of aromatic nitrogens is 1. The van der Waals surface area contributed by atoms with E-state index < -0.39 is 52.8 Å². The van der Waals surface area contributed by atoms with E-state index in [1.54, 1.807) is 11.4 Å². The molecular formula is C22H15F6N3O2S. The Kier molecular flexibility index (Phi) is 5.88. The molecular weight excluding hydrogens is 484 g/mol. The molecule has 0 bridgehead atoms. The minimum atomic E-state index is -5.08. The van der Waals surface area contributed by atoms with Crippen LogP contribution in [0.3, 0.4) is 0 Å². The smallest absolute Gasteiger partial charge is 0.334 e. The van der Waals surface area contributed by atoms with Crippen molar-refractivity contribution in [3.63, 3.8) is 0 Å². The van der Waals surface area contributed by atoms with Crippen molar-refractivity contribution >= 4 is 28.3 Å². The molecule has 34 heavy (non-hydrogen) atoms. The Labute approximate surface area is 193 Å². The first kappa shape index (κ1) is 23.7. The van der Waals surface area contributed by atoms with Crippen molar-refractivity contribution in [3.05, 3.63) is 81.9 Å². The van der Waals surface area contributed by atoms with E-state index in [2.05, 4.69) is 10.3 Å². The summed E-state index contributed by atoms with van der Waals surface area (Å²) in [7, 11) is 1.24. The fraction of sp³-hybridized carbons (Fsp3) is 0.227. The number of hydrogen-bond acceptors (Lipinski definition) is 4. The van der Waals surface area contributed by atoms with Crippen molar-refractivity contribution < 1.29 is 35.9 Å². The molecule has 5 nitrogen and oxygen atoms in total. The average Bonchev–Trinajstić information content (AvgIpc) is 3.27. The summed E-state index contributed by atoms with van der Waals surface area (Å²) in [5.41, 5.74) is -3.21. The Morgan fingerprint density at radius 1 is 1.03 bits per heavy atom. The fourth-order valence-electron chi connectivity index (χ4n) is 3.99. The van der Waals surface area contributed by atoms with Gasteiger partial charge in [0.25, 0.3) is 5.91 Å². The van der Waals surface area contributed by atoms with Crippen LogP contribution in [0.5, 0.6) is 0 Å². The normalized spacial score (nSPS) is 18.6. The second-order valence-corrected chi connectivity index (χ2v) is 8.49. The maximum Gasteiger partial charge on any atom is 0.416 e. The molecule has 2 atom stereocenters. The molecule has 0 saturated heterocycles. The van der Waals surface area contributed by atoms with Crippen LogP contribution in [-0.2, 0) is 17.1 Å². The third-order valence-electron chi connectivity index (χ3n) is 5.48. The zero-order valence-corrected chi connectivity index (χ0v) is 18.1. The number of nitrogens with zero attached hydrogens (tertiary/aromatic N) is 2. The Balaban J connectivity index is 1.92. The van der Waals surface area contributed by atoms with Gasteiger partial charge in [-0.2, -0.15) is 26.3 Å². The van der Waals surface area contributed by atoms with E-state index in [0.29, 0.717) is 12.1 Å². The molecule has 0 aliphatic carbocycles. The van der Waals surface area contributed by atoms with E-state index in [0.717, 1.165) is 16.2 Å². The van der Waals surface area contributed by atoms with Gasteiger partial charge in [0.2, 0.25) is 5.91 Å². The molecule has 3 aromatic rings. The molecule has 2 aromatic carbocycles. The molecule has 4 rings (SSSR count). The summed E-state index contributed by atoms with van der Waals surface area (Å²) < 4.78 is 80.9. The van der Waals surface area contributed by atoms with Gasteiger partial charge in [-0.1, -0.05) is 18.2 Å². The van der Waals surface area contributed by atoms with E-state index >= 15 is 0 Å². The second kappa shape index (κ2) is 8.42. The summed E-state index contributed by atoms with van der Waals surface area (Å²) in [4.78, 5) is 31.2.